The van der Waals surface area contributed by atoms with E-state index >= 15 is 0 Å². The Balaban J connectivity index is 1.44. The second kappa shape index (κ2) is 8.37. The third-order valence-electron chi connectivity index (χ3n) is 5.26. The number of carbonyl (C=O) groups is 1. The van der Waals surface area contributed by atoms with Gasteiger partial charge >= 0.3 is 0 Å². The summed E-state index contributed by atoms with van der Waals surface area (Å²) in [5, 5.41) is 17.8. The van der Waals surface area contributed by atoms with Crippen molar-refractivity contribution < 1.29 is 4.79 Å². The summed E-state index contributed by atoms with van der Waals surface area (Å²) in [6, 6.07) is 8.28. The van der Waals surface area contributed by atoms with Crippen LogP contribution in [0.5, 0.6) is 0 Å². The number of rotatable bonds is 5. The number of allylic oxidation sites excluding steroid dienone is 1. The fraction of sp³-hybridized carbons (Fsp3) is 0.300. The third-order valence-corrected chi connectivity index (χ3v) is 7.85. The Morgan fingerprint density at radius 3 is 2.93 bits per heavy atom. The van der Waals surface area contributed by atoms with Crippen LogP contribution in [0.3, 0.4) is 0 Å². The molecule has 0 saturated heterocycles. The fourth-order valence-corrected chi connectivity index (χ4v) is 6.22. The number of hydrazone groups is 1. The Kier molecular flexibility index (Phi) is 5.45. The average Bonchev–Trinajstić information content (AvgIpc) is 3.52. The zero-order chi connectivity index (χ0) is 20.5. The summed E-state index contributed by atoms with van der Waals surface area (Å²) < 4.78 is 0. The van der Waals surface area contributed by atoms with E-state index in [-0.39, 0.29) is 29.6 Å². The monoisotopic (exact) mass is 456 g/mol. The number of aromatic amines is 1. The van der Waals surface area contributed by atoms with Gasteiger partial charge in [-0.2, -0.15) is 10.1 Å². The molecule has 2 atom stereocenters. The van der Waals surface area contributed by atoms with Crippen molar-refractivity contribution in [1.82, 2.24) is 20.2 Å². The van der Waals surface area contributed by atoms with Crippen molar-refractivity contribution in [2.75, 3.05) is 11.5 Å². The SMILES string of the molecule is Nc1nc(SCC(=O)N2N=C3C(=Cc4cccs4)CCCC3C2c2cccs2)n[nH]1. The van der Waals surface area contributed by atoms with Gasteiger partial charge in [-0.3, -0.25) is 4.79 Å². The number of H-pyrrole nitrogens is 1. The lowest BCUT2D eigenvalue weighted by atomic mass is 9.79. The van der Waals surface area contributed by atoms with Gasteiger partial charge in [0.15, 0.2) is 0 Å². The van der Waals surface area contributed by atoms with Crippen LogP contribution in [0, 0.1) is 5.92 Å². The van der Waals surface area contributed by atoms with E-state index in [1.165, 1.54) is 27.1 Å². The van der Waals surface area contributed by atoms with Crippen molar-refractivity contribution in [3.8, 4) is 0 Å². The van der Waals surface area contributed by atoms with Crippen molar-refractivity contribution in [3.63, 3.8) is 0 Å². The Morgan fingerprint density at radius 2 is 2.20 bits per heavy atom. The zero-order valence-electron chi connectivity index (χ0n) is 16.0. The van der Waals surface area contributed by atoms with Crippen LogP contribution in [0.2, 0.25) is 0 Å². The van der Waals surface area contributed by atoms with E-state index in [1.807, 2.05) is 6.07 Å². The van der Waals surface area contributed by atoms with Gasteiger partial charge in [-0.25, -0.2) is 10.1 Å². The van der Waals surface area contributed by atoms with Crippen LogP contribution in [0.1, 0.15) is 35.1 Å². The van der Waals surface area contributed by atoms with Gasteiger partial charge in [0, 0.05) is 15.7 Å². The van der Waals surface area contributed by atoms with Gasteiger partial charge in [-0.15, -0.1) is 27.8 Å². The maximum atomic E-state index is 13.2. The van der Waals surface area contributed by atoms with Crippen LogP contribution in [0.15, 0.2) is 50.9 Å². The molecule has 1 saturated carbocycles. The maximum Gasteiger partial charge on any atom is 0.253 e. The first-order valence-electron chi connectivity index (χ1n) is 9.68. The molecule has 0 spiro atoms. The van der Waals surface area contributed by atoms with E-state index < -0.39 is 0 Å². The number of amides is 1. The molecule has 1 aliphatic heterocycles. The fourth-order valence-electron chi connectivity index (χ4n) is 4.01. The molecule has 1 amide bonds. The molecule has 5 rings (SSSR count). The molecule has 3 aromatic heterocycles. The molecule has 10 heteroatoms. The summed E-state index contributed by atoms with van der Waals surface area (Å²) >= 11 is 4.68. The molecule has 4 heterocycles. The number of nitrogen functional groups attached to an aromatic ring is 1. The standard InChI is InChI=1S/C20H20N6OS3/c21-19-22-20(24-23-19)30-11-16(27)26-18(15-7-3-9-29-15)14-6-1-4-12(17(14)25-26)10-13-5-2-8-28-13/h2-3,5,7-10,14,18H,1,4,6,11H2,(H3,21,22,23,24). The Hall–Kier alpha value is -2.43. The molecular formula is C20H20N6OS3. The Bertz CT molecular complexity index is 1090. The first-order chi connectivity index (χ1) is 14.7. The second-order valence-electron chi connectivity index (χ2n) is 7.16. The third kappa shape index (κ3) is 3.82. The number of anilines is 1. The van der Waals surface area contributed by atoms with E-state index in [0.29, 0.717) is 5.16 Å². The van der Waals surface area contributed by atoms with E-state index in [9.17, 15) is 4.79 Å². The maximum absolute atomic E-state index is 13.2. The van der Waals surface area contributed by atoms with Crippen molar-refractivity contribution in [2.24, 2.45) is 11.0 Å². The topological polar surface area (TPSA) is 100 Å². The number of hydrogen-bond acceptors (Lipinski definition) is 8. The largest absolute Gasteiger partial charge is 0.368 e. The molecular weight excluding hydrogens is 436 g/mol. The zero-order valence-corrected chi connectivity index (χ0v) is 18.5. The molecule has 154 valence electrons. The van der Waals surface area contributed by atoms with Gasteiger partial charge < -0.3 is 5.73 Å². The summed E-state index contributed by atoms with van der Waals surface area (Å²) in [6.45, 7) is 0. The number of thioether (sulfide) groups is 1. The number of carbonyl (C=O) groups excluding carboxylic acids is 1. The Labute approximate surface area is 186 Å². The lowest BCUT2D eigenvalue weighted by Crippen LogP contribution is -2.32. The number of nitrogens with zero attached hydrogens (tertiary/aromatic N) is 4. The lowest BCUT2D eigenvalue weighted by molar-refractivity contribution is -0.130. The van der Waals surface area contributed by atoms with Crippen LogP contribution >= 0.6 is 34.4 Å². The van der Waals surface area contributed by atoms with Gasteiger partial charge in [0.05, 0.1) is 17.5 Å². The van der Waals surface area contributed by atoms with Crippen LogP contribution in [-0.4, -0.2) is 37.6 Å². The molecule has 1 aliphatic carbocycles. The highest BCUT2D eigenvalue weighted by atomic mass is 32.2. The summed E-state index contributed by atoms with van der Waals surface area (Å²) in [7, 11) is 0. The predicted octanol–water partition coefficient (Wildman–Crippen LogP) is 4.43. The molecule has 3 N–H and O–H groups in total. The first kappa shape index (κ1) is 19.5. The summed E-state index contributed by atoms with van der Waals surface area (Å²) in [5.41, 5.74) is 7.89. The minimum absolute atomic E-state index is 0.0425. The highest BCUT2D eigenvalue weighted by Crippen LogP contribution is 2.45. The van der Waals surface area contributed by atoms with Crippen LogP contribution < -0.4 is 5.73 Å². The van der Waals surface area contributed by atoms with E-state index in [2.05, 4.69) is 50.2 Å². The summed E-state index contributed by atoms with van der Waals surface area (Å²) in [6.07, 6.45) is 5.38. The summed E-state index contributed by atoms with van der Waals surface area (Å²) in [5.74, 6) is 0.653. The molecule has 0 aromatic carbocycles. The molecule has 30 heavy (non-hydrogen) atoms. The van der Waals surface area contributed by atoms with Crippen molar-refractivity contribution >= 4 is 58.1 Å². The lowest BCUT2D eigenvalue weighted by Gasteiger charge is -2.28. The van der Waals surface area contributed by atoms with Gasteiger partial charge in [0.25, 0.3) is 5.91 Å². The predicted molar refractivity (Wildman–Crippen MR) is 122 cm³/mol. The normalized spacial score (nSPS) is 22.3. The number of fused-ring (bicyclic) bond motifs is 1. The number of thiophene rings is 2. The van der Waals surface area contributed by atoms with Crippen LogP contribution in [0.25, 0.3) is 6.08 Å². The molecule has 2 unspecified atom stereocenters. The summed E-state index contributed by atoms with van der Waals surface area (Å²) in [4.78, 5) is 19.7. The quantitative estimate of drug-likeness (QED) is 0.553. The molecule has 2 aliphatic rings. The molecule has 0 bridgehead atoms. The van der Waals surface area contributed by atoms with Gasteiger partial charge in [-0.05, 0) is 53.8 Å². The highest BCUT2D eigenvalue weighted by molar-refractivity contribution is 7.99. The number of hydrogen-bond donors (Lipinski definition) is 2. The number of aromatic nitrogens is 3. The van der Waals surface area contributed by atoms with Crippen LogP contribution in [0.4, 0.5) is 5.95 Å². The Morgan fingerprint density at radius 1 is 1.33 bits per heavy atom. The molecule has 7 nitrogen and oxygen atoms in total. The number of nitrogens with one attached hydrogen (secondary N) is 1. The highest BCUT2D eigenvalue weighted by Gasteiger charge is 2.44. The number of nitrogens with two attached hydrogens (primary N) is 1. The minimum atomic E-state index is -0.0441. The second-order valence-corrected chi connectivity index (χ2v) is 10.1. The molecule has 3 aromatic rings. The average molecular weight is 457 g/mol. The van der Waals surface area contributed by atoms with Gasteiger partial charge in [0.1, 0.15) is 0 Å². The van der Waals surface area contributed by atoms with Gasteiger partial charge in [-0.1, -0.05) is 23.9 Å². The molecule has 0 radical (unpaired) electrons. The van der Waals surface area contributed by atoms with Crippen LogP contribution in [-0.2, 0) is 4.79 Å². The van der Waals surface area contributed by atoms with Crippen molar-refractivity contribution in [2.45, 2.75) is 30.5 Å². The minimum Gasteiger partial charge on any atom is -0.368 e. The van der Waals surface area contributed by atoms with Crippen molar-refractivity contribution in [1.29, 1.82) is 0 Å². The van der Waals surface area contributed by atoms with E-state index in [4.69, 9.17) is 10.8 Å². The van der Waals surface area contributed by atoms with Crippen molar-refractivity contribution in [3.05, 3.63) is 50.4 Å². The smallest absolute Gasteiger partial charge is 0.253 e. The van der Waals surface area contributed by atoms with Gasteiger partial charge in [0.2, 0.25) is 11.1 Å². The van der Waals surface area contributed by atoms with E-state index in [1.54, 1.807) is 27.7 Å². The van der Waals surface area contributed by atoms with E-state index in [0.717, 1.165) is 25.0 Å². The molecule has 1 fully saturated rings. The first-order valence-corrected chi connectivity index (χ1v) is 12.4.